The first kappa shape index (κ1) is 18.4. The van der Waals surface area contributed by atoms with Crippen LogP contribution in [0, 0.1) is 0 Å². The van der Waals surface area contributed by atoms with E-state index in [9.17, 15) is 13.2 Å². The van der Waals surface area contributed by atoms with Gasteiger partial charge in [-0.25, -0.2) is 4.79 Å². The minimum atomic E-state index is -3.65. The van der Waals surface area contributed by atoms with Crippen molar-refractivity contribution in [2.75, 3.05) is 19.4 Å². The van der Waals surface area contributed by atoms with E-state index in [2.05, 4.69) is 5.32 Å². The molecule has 0 radical (unpaired) electrons. The number of rotatable bonds is 8. The SMILES string of the molecule is CCNC(=O)N(Cc1ccc(OC)c(OS(=O)(=O)CC)c1)C1CC1. The molecule has 1 aliphatic rings. The summed E-state index contributed by atoms with van der Waals surface area (Å²) < 4.78 is 33.7. The van der Waals surface area contributed by atoms with Gasteiger partial charge in [0, 0.05) is 19.1 Å². The van der Waals surface area contributed by atoms with Crippen molar-refractivity contribution < 1.29 is 22.1 Å². The van der Waals surface area contributed by atoms with Crippen LogP contribution in [-0.4, -0.2) is 44.8 Å². The van der Waals surface area contributed by atoms with Gasteiger partial charge in [-0.05, 0) is 44.4 Å². The molecule has 1 fully saturated rings. The molecule has 1 N–H and O–H groups in total. The Morgan fingerprint density at radius 2 is 2.00 bits per heavy atom. The van der Waals surface area contributed by atoms with Gasteiger partial charge in [-0.15, -0.1) is 0 Å². The van der Waals surface area contributed by atoms with Gasteiger partial charge < -0.3 is 19.1 Å². The predicted octanol–water partition coefficient (Wildman–Crippen LogP) is 2.12. The summed E-state index contributed by atoms with van der Waals surface area (Å²) in [6.45, 7) is 4.34. The third-order valence-electron chi connectivity index (χ3n) is 3.73. The first-order valence-electron chi connectivity index (χ1n) is 8.03. The van der Waals surface area contributed by atoms with Gasteiger partial charge >= 0.3 is 16.1 Å². The van der Waals surface area contributed by atoms with Crippen molar-refractivity contribution in [1.82, 2.24) is 10.2 Å². The Morgan fingerprint density at radius 3 is 2.54 bits per heavy atom. The Morgan fingerprint density at radius 1 is 1.29 bits per heavy atom. The molecule has 2 amide bonds. The minimum absolute atomic E-state index is 0.112. The average molecular weight is 356 g/mol. The molecule has 1 saturated carbocycles. The van der Waals surface area contributed by atoms with Gasteiger partial charge in [-0.2, -0.15) is 8.42 Å². The highest BCUT2D eigenvalue weighted by Gasteiger charge is 2.32. The molecule has 0 unspecified atom stereocenters. The van der Waals surface area contributed by atoms with Gasteiger partial charge in [0.2, 0.25) is 0 Å². The van der Waals surface area contributed by atoms with Crippen LogP contribution in [0.4, 0.5) is 4.79 Å². The molecule has 0 bridgehead atoms. The summed E-state index contributed by atoms with van der Waals surface area (Å²) in [7, 11) is -2.20. The van der Waals surface area contributed by atoms with Crippen molar-refractivity contribution in [1.29, 1.82) is 0 Å². The Bertz CT molecular complexity index is 686. The lowest BCUT2D eigenvalue weighted by atomic mass is 10.2. The van der Waals surface area contributed by atoms with E-state index in [0.29, 0.717) is 18.8 Å². The maximum Gasteiger partial charge on any atom is 0.317 e. The van der Waals surface area contributed by atoms with Crippen LogP contribution in [0.3, 0.4) is 0 Å². The summed E-state index contributed by atoms with van der Waals surface area (Å²) in [5.41, 5.74) is 0.787. The van der Waals surface area contributed by atoms with Crippen LogP contribution >= 0.6 is 0 Å². The highest BCUT2D eigenvalue weighted by atomic mass is 32.2. The van der Waals surface area contributed by atoms with E-state index in [1.165, 1.54) is 14.0 Å². The van der Waals surface area contributed by atoms with Gasteiger partial charge in [0.25, 0.3) is 0 Å². The fourth-order valence-electron chi connectivity index (χ4n) is 2.28. The molecule has 0 heterocycles. The van der Waals surface area contributed by atoms with Crippen LogP contribution < -0.4 is 14.2 Å². The molecule has 7 nitrogen and oxygen atoms in total. The molecule has 1 aliphatic carbocycles. The van der Waals surface area contributed by atoms with E-state index in [1.54, 1.807) is 23.1 Å². The van der Waals surface area contributed by atoms with Crippen molar-refractivity contribution in [2.24, 2.45) is 0 Å². The summed E-state index contributed by atoms with van der Waals surface area (Å²) in [4.78, 5) is 13.9. The normalized spacial score (nSPS) is 14.1. The van der Waals surface area contributed by atoms with Crippen molar-refractivity contribution in [2.45, 2.75) is 39.3 Å². The number of nitrogens with one attached hydrogen (secondary N) is 1. The number of carbonyl (C=O) groups is 1. The van der Waals surface area contributed by atoms with Gasteiger partial charge in [-0.1, -0.05) is 6.07 Å². The van der Waals surface area contributed by atoms with Crippen LogP contribution in [0.2, 0.25) is 0 Å². The minimum Gasteiger partial charge on any atom is -0.493 e. The van der Waals surface area contributed by atoms with Crippen molar-refractivity contribution in [3.05, 3.63) is 23.8 Å². The summed E-state index contributed by atoms with van der Waals surface area (Å²) in [6.07, 6.45) is 1.97. The number of benzene rings is 1. The molecule has 0 saturated heterocycles. The Labute approximate surface area is 143 Å². The molecule has 0 atom stereocenters. The van der Waals surface area contributed by atoms with E-state index >= 15 is 0 Å². The maximum atomic E-state index is 12.2. The first-order chi connectivity index (χ1) is 11.4. The van der Waals surface area contributed by atoms with E-state index < -0.39 is 10.1 Å². The van der Waals surface area contributed by atoms with Crippen molar-refractivity contribution >= 4 is 16.1 Å². The van der Waals surface area contributed by atoms with Gasteiger partial charge in [0.05, 0.1) is 12.9 Å². The van der Waals surface area contributed by atoms with Crippen LogP contribution in [0.1, 0.15) is 32.3 Å². The lowest BCUT2D eigenvalue weighted by Crippen LogP contribution is -2.40. The maximum absolute atomic E-state index is 12.2. The van der Waals surface area contributed by atoms with Crippen molar-refractivity contribution in [3.8, 4) is 11.5 Å². The molecule has 1 aromatic rings. The highest BCUT2D eigenvalue weighted by Crippen LogP contribution is 2.32. The topological polar surface area (TPSA) is 84.9 Å². The number of hydrogen-bond acceptors (Lipinski definition) is 5. The number of carbonyl (C=O) groups excluding carboxylic acids is 1. The summed E-state index contributed by atoms with van der Waals surface area (Å²) in [5.74, 6) is 0.350. The molecule has 134 valence electrons. The van der Waals surface area contributed by atoms with Gasteiger partial charge in [0.15, 0.2) is 11.5 Å². The van der Waals surface area contributed by atoms with Gasteiger partial charge in [-0.3, -0.25) is 0 Å². The average Bonchev–Trinajstić information content (AvgIpc) is 3.37. The molecule has 8 heteroatoms. The van der Waals surface area contributed by atoms with Crippen LogP contribution in [0.25, 0.3) is 0 Å². The van der Waals surface area contributed by atoms with E-state index in [1.807, 2.05) is 6.92 Å². The van der Waals surface area contributed by atoms with Crippen LogP contribution in [-0.2, 0) is 16.7 Å². The molecule has 2 rings (SSSR count). The first-order valence-corrected chi connectivity index (χ1v) is 9.61. The zero-order chi connectivity index (χ0) is 17.7. The zero-order valence-electron chi connectivity index (χ0n) is 14.2. The zero-order valence-corrected chi connectivity index (χ0v) is 15.1. The summed E-state index contributed by atoms with van der Waals surface area (Å²) in [6, 6.07) is 5.19. The standard InChI is InChI=1S/C16H24N2O5S/c1-4-17-16(19)18(13-7-8-13)11-12-6-9-14(22-3)15(10-12)23-24(20,21)5-2/h6,9-10,13H,4-5,7-8,11H2,1-3H3,(H,17,19). The number of ether oxygens (including phenoxy) is 1. The van der Waals surface area contributed by atoms with Crippen LogP contribution in [0.15, 0.2) is 18.2 Å². The quantitative estimate of drug-likeness (QED) is 0.721. The smallest absolute Gasteiger partial charge is 0.317 e. The number of amides is 2. The molecule has 0 aliphatic heterocycles. The van der Waals surface area contributed by atoms with Crippen molar-refractivity contribution in [3.63, 3.8) is 0 Å². The number of methoxy groups -OCH3 is 1. The number of urea groups is 1. The van der Waals surface area contributed by atoms with E-state index in [0.717, 1.165) is 18.4 Å². The second kappa shape index (κ2) is 7.74. The number of hydrogen-bond donors (Lipinski definition) is 1. The molecular weight excluding hydrogens is 332 g/mol. The van der Waals surface area contributed by atoms with Gasteiger partial charge in [0.1, 0.15) is 0 Å². The monoisotopic (exact) mass is 356 g/mol. The largest absolute Gasteiger partial charge is 0.493 e. The predicted molar refractivity (Wildman–Crippen MR) is 90.7 cm³/mol. The third-order valence-corrected chi connectivity index (χ3v) is 4.87. The lowest BCUT2D eigenvalue weighted by Gasteiger charge is -2.23. The Kier molecular flexibility index (Phi) is 5.93. The second-order valence-electron chi connectivity index (χ2n) is 5.61. The molecule has 0 spiro atoms. The fourth-order valence-corrected chi connectivity index (χ4v) is 2.80. The highest BCUT2D eigenvalue weighted by molar-refractivity contribution is 7.87. The van der Waals surface area contributed by atoms with Crippen LogP contribution in [0.5, 0.6) is 11.5 Å². The van der Waals surface area contributed by atoms with E-state index in [-0.39, 0.29) is 23.6 Å². The summed E-state index contributed by atoms with van der Waals surface area (Å²) in [5, 5.41) is 2.81. The Hall–Kier alpha value is -1.96. The molecule has 0 aromatic heterocycles. The number of nitrogens with zero attached hydrogens (tertiary/aromatic N) is 1. The molecule has 24 heavy (non-hydrogen) atoms. The summed E-state index contributed by atoms with van der Waals surface area (Å²) >= 11 is 0. The fraction of sp³-hybridized carbons (Fsp3) is 0.562. The third kappa shape index (κ3) is 4.77. The van der Waals surface area contributed by atoms with E-state index in [4.69, 9.17) is 8.92 Å². The lowest BCUT2D eigenvalue weighted by molar-refractivity contribution is 0.192. The second-order valence-corrected chi connectivity index (χ2v) is 7.47. The molecule has 1 aromatic carbocycles. The molecular formula is C16H24N2O5S. The Balaban J connectivity index is 2.22.